The van der Waals surface area contributed by atoms with Crippen LogP contribution in [0.1, 0.15) is 18.3 Å². The van der Waals surface area contributed by atoms with E-state index in [0.717, 1.165) is 12.2 Å². The summed E-state index contributed by atoms with van der Waals surface area (Å²) in [6.45, 7) is 0.651. The second-order valence-electron chi connectivity index (χ2n) is 5.50. The first-order valence-corrected chi connectivity index (χ1v) is 8.50. The lowest BCUT2D eigenvalue weighted by Crippen LogP contribution is -2.38. The number of guanidine groups is 1. The van der Waals surface area contributed by atoms with Crippen molar-refractivity contribution in [2.75, 3.05) is 20.7 Å². The van der Waals surface area contributed by atoms with Crippen LogP contribution >= 0.6 is 0 Å². The molecule has 0 radical (unpaired) electrons. The van der Waals surface area contributed by atoms with Gasteiger partial charge in [-0.2, -0.15) is 8.78 Å². The summed E-state index contributed by atoms with van der Waals surface area (Å²) in [5.41, 5.74) is 0.561. The first kappa shape index (κ1) is 20.4. The van der Waals surface area contributed by atoms with E-state index in [1.165, 1.54) is 13.2 Å². The number of alkyl halides is 2. The van der Waals surface area contributed by atoms with Crippen molar-refractivity contribution in [1.82, 2.24) is 25.4 Å². The largest absolute Gasteiger partial charge is 0.497 e. The molecule has 0 atom stereocenters. The number of methoxy groups -OCH3 is 1. The van der Waals surface area contributed by atoms with Crippen LogP contribution in [-0.4, -0.2) is 48.0 Å². The van der Waals surface area contributed by atoms with E-state index in [2.05, 4.69) is 30.6 Å². The van der Waals surface area contributed by atoms with Crippen LogP contribution in [0.4, 0.5) is 8.78 Å². The van der Waals surface area contributed by atoms with Gasteiger partial charge in [-0.25, -0.2) is 0 Å². The van der Waals surface area contributed by atoms with E-state index in [1.807, 2.05) is 11.5 Å². The van der Waals surface area contributed by atoms with Crippen LogP contribution in [0.2, 0.25) is 0 Å². The fourth-order valence-electron chi connectivity index (χ4n) is 2.45. The van der Waals surface area contributed by atoms with E-state index >= 15 is 0 Å². The van der Waals surface area contributed by atoms with Gasteiger partial charge in [-0.15, -0.1) is 10.2 Å². The van der Waals surface area contributed by atoms with Gasteiger partial charge in [-0.1, -0.05) is 6.92 Å². The van der Waals surface area contributed by atoms with Crippen LogP contribution in [0.5, 0.6) is 11.5 Å². The smallest absolute Gasteiger partial charge is 0.387 e. The van der Waals surface area contributed by atoms with E-state index in [0.29, 0.717) is 30.4 Å². The first-order valence-electron chi connectivity index (χ1n) is 8.50. The molecule has 0 spiro atoms. The molecule has 1 heterocycles. The summed E-state index contributed by atoms with van der Waals surface area (Å²) in [6, 6.07) is 4.78. The zero-order chi connectivity index (χ0) is 19.6. The highest BCUT2D eigenvalue weighted by atomic mass is 19.3. The third-order valence-corrected chi connectivity index (χ3v) is 3.82. The molecule has 2 rings (SSSR count). The molecule has 2 aromatic rings. The van der Waals surface area contributed by atoms with Crippen LogP contribution in [-0.2, 0) is 19.5 Å². The highest BCUT2D eigenvalue weighted by molar-refractivity contribution is 5.79. The normalized spacial score (nSPS) is 11.6. The molecule has 8 nitrogen and oxygen atoms in total. The minimum atomic E-state index is -2.91. The minimum absolute atomic E-state index is 0.0596. The molecule has 10 heteroatoms. The number of benzene rings is 1. The number of nitrogens with one attached hydrogen (secondary N) is 2. The topological polar surface area (TPSA) is 85.6 Å². The molecule has 27 heavy (non-hydrogen) atoms. The lowest BCUT2D eigenvalue weighted by atomic mass is 10.2. The molecule has 2 N–H and O–H groups in total. The van der Waals surface area contributed by atoms with Gasteiger partial charge in [0.15, 0.2) is 5.96 Å². The van der Waals surface area contributed by atoms with Crippen molar-refractivity contribution < 1.29 is 18.3 Å². The van der Waals surface area contributed by atoms with Crippen LogP contribution in [0.3, 0.4) is 0 Å². The Hall–Kier alpha value is -2.91. The van der Waals surface area contributed by atoms with Gasteiger partial charge in [-0.3, -0.25) is 4.99 Å². The van der Waals surface area contributed by atoms with E-state index in [-0.39, 0.29) is 12.3 Å². The van der Waals surface area contributed by atoms with Crippen molar-refractivity contribution in [3.05, 3.63) is 35.9 Å². The minimum Gasteiger partial charge on any atom is -0.497 e. The summed E-state index contributed by atoms with van der Waals surface area (Å²) in [6.07, 6.45) is 2.49. The molecule has 0 amide bonds. The molecule has 1 aromatic heterocycles. The first-order chi connectivity index (χ1) is 13.1. The fourth-order valence-corrected chi connectivity index (χ4v) is 2.45. The Morgan fingerprint density at radius 3 is 2.81 bits per heavy atom. The highest BCUT2D eigenvalue weighted by Gasteiger charge is 2.12. The number of rotatable bonds is 9. The number of hydrogen-bond acceptors (Lipinski definition) is 5. The second kappa shape index (κ2) is 10.3. The van der Waals surface area contributed by atoms with Crippen molar-refractivity contribution in [1.29, 1.82) is 0 Å². The van der Waals surface area contributed by atoms with Crippen molar-refractivity contribution in [2.45, 2.75) is 33.0 Å². The van der Waals surface area contributed by atoms with Gasteiger partial charge in [-0.05, 0) is 12.1 Å². The predicted molar refractivity (Wildman–Crippen MR) is 97.2 cm³/mol. The van der Waals surface area contributed by atoms with Gasteiger partial charge in [0.2, 0.25) is 0 Å². The van der Waals surface area contributed by atoms with Crippen LogP contribution in [0.15, 0.2) is 29.5 Å². The van der Waals surface area contributed by atoms with E-state index in [9.17, 15) is 8.78 Å². The van der Waals surface area contributed by atoms with Crippen LogP contribution < -0.4 is 20.1 Å². The third kappa shape index (κ3) is 6.08. The molecule has 0 aliphatic heterocycles. The molecular formula is C17H24F2N6O2. The Balaban J connectivity index is 1.91. The molecule has 148 valence electrons. The number of ether oxygens (including phenoxy) is 2. The van der Waals surface area contributed by atoms with Gasteiger partial charge < -0.3 is 24.7 Å². The molecule has 1 aromatic carbocycles. The maximum atomic E-state index is 12.6. The SMILES string of the molecule is CCc1nncn1CCNC(=NC)NCc1ccc(OC)cc1OC(F)F. The van der Waals surface area contributed by atoms with E-state index in [1.54, 1.807) is 25.5 Å². The number of aliphatic imine (C=N–C) groups is 1. The van der Waals surface area contributed by atoms with Gasteiger partial charge in [0.05, 0.1) is 7.11 Å². The lowest BCUT2D eigenvalue weighted by molar-refractivity contribution is -0.0505. The van der Waals surface area contributed by atoms with E-state index < -0.39 is 6.61 Å². The van der Waals surface area contributed by atoms with Gasteiger partial charge in [0.25, 0.3) is 0 Å². The van der Waals surface area contributed by atoms with Crippen LogP contribution in [0.25, 0.3) is 0 Å². The standard InChI is InChI=1S/C17H24F2N6O2/c1-4-15-24-23-11-25(15)8-7-21-17(20-2)22-10-12-5-6-13(26-3)9-14(12)27-16(18)19/h5-6,9,11,16H,4,7-8,10H2,1-3H3,(H2,20,21,22). The predicted octanol–water partition coefficient (Wildman–Crippen LogP) is 1.82. The molecular weight excluding hydrogens is 358 g/mol. The number of aryl methyl sites for hydroxylation is 1. The summed E-state index contributed by atoms with van der Waals surface area (Å²) in [5.74, 6) is 1.95. The molecule has 0 aliphatic rings. The maximum Gasteiger partial charge on any atom is 0.387 e. The Morgan fingerprint density at radius 2 is 2.15 bits per heavy atom. The zero-order valence-electron chi connectivity index (χ0n) is 15.6. The fraction of sp³-hybridized carbons (Fsp3) is 0.471. The average Bonchev–Trinajstić information content (AvgIpc) is 3.12. The molecule has 0 saturated heterocycles. The van der Waals surface area contributed by atoms with E-state index in [4.69, 9.17) is 4.74 Å². The summed E-state index contributed by atoms with van der Waals surface area (Å²) >= 11 is 0. The zero-order valence-corrected chi connectivity index (χ0v) is 15.6. The number of hydrogen-bond donors (Lipinski definition) is 2. The summed E-state index contributed by atoms with van der Waals surface area (Å²) in [7, 11) is 3.10. The van der Waals surface area contributed by atoms with Crippen molar-refractivity contribution in [3.63, 3.8) is 0 Å². The average molecular weight is 382 g/mol. The Morgan fingerprint density at radius 1 is 1.33 bits per heavy atom. The number of nitrogens with zero attached hydrogens (tertiary/aromatic N) is 4. The lowest BCUT2D eigenvalue weighted by Gasteiger charge is -2.15. The summed E-state index contributed by atoms with van der Waals surface area (Å²) in [5, 5.41) is 14.2. The van der Waals surface area contributed by atoms with Crippen LogP contribution in [0, 0.1) is 0 Å². The molecule has 0 unspecified atom stereocenters. The second-order valence-corrected chi connectivity index (χ2v) is 5.50. The Labute approximate surface area is 156 Å². The molecule has 0 fully saturated rings. The Bertz CT molecular complexity index is 751. The van der Waals surface area contributed by atoms with Gasteiger partial charge >= 0.3 is 6.61 Å². The van der Waals surface area contributed by atoms with Crippen molar-refractivity contribution in [3.8, 4) is 11.5 Å². The molecule has 0 bridgehead atoms. The number of halogens is 2. The molecule has 0 saturated carbocycles. The van der Waals surface area contributed by atoms with Gasteiger partial charge in [0.1, 0.15) is 23.7 Å². The molecule has 0 aliphatic carbocycles. The maximum absolute atomic E-state index is 12.6. The van der Waals surface area contributed by atoms with Crippen molar-refractivity contribution >= 4 is 5.96 Å². The monoisotopic (exact) mass is 382 g/mol. The Kier molecular flexibility index (Phi) is 7.78. The summed E-state index contributed by atoms with van der Waals surface area (Å²) < 4.78 is 36.9. The number of aromatic nitrogens is 3. The highest BCUT2D eigenvalue weighted by Crippen LogP contribution is 2.26. The van der Waals surface area contributed by atoms with Gasteiger partial charge in [0, 0.05) is 44.7 Å². The third-order valence-electron chi connectivity index (χ3n) is 3.82. The van der Waals surface area contributed by atoms with Crippen molar-refractivity contribution in [2.24, 2.45) is 4.99 Å². The quantitative estimate of drug-likeness (QED) is 0.508. The summed E-state index contributed by atoms with van der Waals surface area (Å²) in [4.78, 5) is 4.13.